The van der Waals surface area contributed by atoms with Crippen LogP contribution in [-0.4, -0.2) is 41.9 Å². The summed E-state index contributed by atoms with van der Waals surface area (Å²) in [6.45, 7) is 8.68. The molecule has 0 amide bonds. The van der Waals surface area contributed by atoms with E-state index < -0.39 is 18.3 Å². The van der Waals surface area contributed by atoms with E-state index in [1.165, 1.54) is 0 Å². The maximum absolute atomic E-state index is 6.07. The molecule has 0 atom stereocenters. The molecule has 1 fully saturated rings. The largest absolute Gasteiger partial charge is 0.491 e. The first-order chi connectivity index (χ1) is 10.2. The van der Waals surface area contributed by atoms with Crippen LogP contribution in [0.5, 0.6) is 0 Å². The van der Waals surface area contributed by atoms with E-state index in [9.17, 15) is 0 Å². The molecule has 2 rings (SSSR count). The highest BCUT2D eigenvalue weighted by Gasteiger charge is 2.52. The molecular formula is C14H24BN5O2. The second-order valence-corrected chi connectivity index (χ2v) is 6.40. The normalized spacial score (nSPS) is 20.4. The molecule has 5 N–H and O–H groups in total. The van der Waals surface area contributed by atoms with Gasteiger partial charge in [-0.25, -0.2) is 9.97 Å². The van der Waals surface area contributed by atoms with E-state index >= 15 is 0 Å². The van der Waals surface area contributed by atoms with Crippen molar-refractivity contribution >= 4 is 24.8 Å². The Hall–Kier alpha value is -1.64. The fraction of sp³-hybridized carbons (Fsp3) is 0.571. The summed E-state index contributed by atoms with van der Waals surface area (Å²) in [5.74, 6) is 0.439. The molecule has 0 spiro atoms. The van der Waals surface area contributed by atoms with E-state index in [0.29, 0.717) is 12.2 Å². The van der Waals surface area contributed by atoms with Gasteiger partial charge in [0.2, 0.25) is 0 Å². The summed E-state index contributed by atoms with van der Waals surface area (Å²) < 4.78 is 12.1. The van der Waals surface area contributed by atoms with Crippen LogP contribution < -0.4 is 16.8 Å². The minimum absolute atomic E-state index is 0.214. The number of hydrogen-bond acceptors (Lipinski definition) is 7. The SMILES string of the molecule is CNCC(=Cc1cnc(N)c(N)n1)B1OC(C)(C)C(C)(C)O1. The summed E-state index contributed by atoms with van der Waals surface area (Å²) in [7, 11) is 1.42. The average Bonchev–Trinajstić information content (AvgIpc) is 2.62. The van der Waals surface area contributed by atoms with Crippen molar-refractivity contribution in [3.63, 3.8) is 0 Å². The molecule has 0 bridgehead atoms. The maximum atomic E-state index is 6.07. The zero-order chi connectivity index (χ0) is 16.5. The fourth-order valence-corrected chi connectivity index (χ4v) is 2.09. The van der Waals surface area contributed by atoms with Crippen molar-refractivity contribution in [2.24, 2.45) is 0 Å². The molecule has 1 aliphatic rings. The van der Waals surface area contributed by atoms with Gasteiger partial charge in [0, 0.05) is 6.54 Å². The zero-order valence-corrected chi connectivity index (χ0v) is 13.8. The van der Waals surface area contributed by atoms with Gasteiger partial charge in [-0.1, -0.05) is 0 Å². The van der Waals surface area contributed by atoms with E-state index in [0.717, 1.165) is 5.47 Å². The summed E-state index contributed by atoms with van der Waals surface area (Å²) in [6.07, 6.45) is 3.44. The van der Waals surface area contributed by atoms with Crippen molar-refractivity contribution in [3.05, 3.63) is 17.4 Å². The van der Waals surface area contributed by atoms with Crippen molar-refractivity contribution < 1.29 is 9.31 Å². The summed E-state index contributed by atoms with van der Waals surface area (Å²) in [4.78, 5) is 8.23. The molecular weight excluding hydrogens is 281 g/mol. The molecule has 1 aromatic heterocycles. The van der Waals surface area contributed by atoms with Gasteiger partial charge in [0.25, 0.3) is 0 Å². The summed E-state index contributed by atoms with van der Waals surface area (Å²) >= 11 is 0. The summed E-state index contributed by atoms with van der Waals surface area (Å²) in [5, 5.41) is 3.11. The van der Waals surface area contributed by atoms with E-state index in [-0.39, 0.29) is 11.6 Å². The number of nitrogens with two attached hydrogens (primary N) is 2. The van der Waals surface area contributed by atoms with Gasteiger partial charge in [0.1, 0.15) is 0 Å². The molecule has 1 saturated heterocycles. The Bertz CT molecular complexity index is 573. The number of rotatable bonds is 4. The third kappa shape index (κ3) is 3.24. The molecule has 7 nitrogen and oxygen atoms in total. The van der Waals surface area contributed by atoms with Gasteiger partial charge >= 0.3 is 7.12 Å². The monoisotopic (exact) mass is 305 g/mol. The Morgan fingerprint density at radius 3 is 2.32 bits per heavy atom. The quantitative estimate of drug-likeness (QED) is 0.708. The molecule has 1 aliphatic heterocycles. The van der Waals surface area contributed by atoms with Crippen LogP contribution in [0.1, 0.15) is 33.4 Å². The van der Waals surface area contributed by atoms with Crippen LogP contribution in [-0.2, 0) is 9.31 Å². The third-order valence-corrected chi connectivity index (χ3v) is 4.12. The van der Waals surface area contributed by atoms with Crippen LogP contribution in [0.2, 0.25) is 0 Å². The summed E-state index contributed by atoms with van der Waals surface area (Å²) in [5.41, 5.74) is 12.0. The molecule has 0 radical (unpaired) electrons. The number of nitrogen functional groups attached to an aromatic ring is 2. The lowest BCUT2D eigenvalue weighted by Gasteiger charge is -2.32. The number of likely N-dealkylation sites (N-methyl/N-ethyl adjacent to an activating group) is 1. The Kier molecular flexibility index (Phi) is 4.46. The van der Waals surface area contributed by atoms with Crippen LogP contribution in [0.4, 0.5) is 11.6 Å². The van der Waals surface area contributed by atoms with Crippen molar-refractivity contribution in [2.75, 3.05) is 25.1 Å². The van der Waals surface area contributed by atoms with Gasteiger partial charge in [-0.05, 0) is 46.3 Å². The van der Waals surface area contributed by atoms with Gasteiger partial charge in [-0.15, -0.1) is 0 Å². The first-order valence-corrected chi connectivity index (χ1v) is 7.25. The third-order valence-electron chi connectivity index (χ3n) is 4.12. The van der Waals surface area contributed by atoms with Gasteiger partial charge in [0.15, 0.2) is 11.6 Å². The minimum Gasteiger partial charge on any atom is -0.400 e. The standard InChI is InChI=1S/C14H24BN5O2/c1-13(2)14(3,4)22-15(21-13)9(7-18-5)6-10-8-19-11(16)12(17)20-10/h6,8,18H,7H2,1-5H3,(H2,16,19)(H2,17,20). The molecule has 0 aliphatic carbocycles. The van der Waals surface area contributed by atoms with Crippen LogP contribution >= 0.6 is 0 Å². The van der Waals surface area contributed by atoms with Crippen LogP contribution in [0.3, 0.4) is 0 Å². The lowest BCUT2D eigenvalue weighted by atomic mass is 9.77. The highest BCUT2D eigenvalue weighted by Crippen LogP contribution is 2.38. The van der Waals surface area contributed by atoms with Crippen molar-refractivity contribution in [3.8, 4) is 0 Å². The van der Waals surface area contributed by atoms with Gasteiger partial charge in [-0.3, -0.25) is 0 Å². The second kappa shape index (κ2) is 5.87. The first-order valence-electron chi connectivity index (χ1n) is 7.25. The zero-order valence-electron chi connectivity index (χ0n) is 13.8. The minimum atomic E-state index is -0.446. The van der Waals surface area contributed by atoms with E-state index in [1.807, 2.05) is 40.8 Å². The molecule has 22 heavy (non-hydrogen) atoms. The predicted molar refractivity (Wildman–Crippen MR) is 88.8 cm³/mol. The molecule has 2 heterocycles. The molecule has 0 unspecified atom stereocenters. The number of aromatic nitrogens is 2. The van der Waals surface area contributed by atoms with Crippen LogP contribution in [0.15, 0.2) is 11.7 Å². The van der Waals surface area contributed by atoms with Gasteiger partial charge < -0.3 is 26.1 Å². The van der Waals surface area contributed by atoms with Crippen LogP contribution in [0, 0.1) is 0 Å². The predicted octanol–water partition coefficient (Wildman–Crippen LogP) is 0.875. The Morgan fingerprint density at radius 2 is 1.82 bits per heavy atom. The van der Waals surface area contributed by atoms with Crippen molar-refractivity contribution in [1.82, 2.24) is 15.3 Å². The van der Waals surface area contributed by atoms with E-state index in [2.05, 4.69) is 15.3 Å². The molecule has 8 heteroatoms. The fourth-order valence-electron chi connectivity index (χ4n) is 2.09. The Labute approximate surface area is 131 Å². The van der Waals surface area contributed by atoms with Gasteiger partial charge in [0.05, 0.1) is 23.1 Å². The molecule has 0 saturated carbocycles. The smallest absolute Gasteiger partial charge is 0.400 e. The highest BCUT2D eigenvalue weighted by molar-refractivity contribution is 6.55. The lowest BCUT2D eigenvalue weighted by molar-refractivity contribution is 0.00578. The molecule has 0 aromatic carbocycles. The average molecular weight is 305 g/mol. The number of hydrogen-bond donors (Lipinski definition) is 3. The van der Waals surface area contributed by atoms with Crippen LogP contribution in [0.25, 0.3) is 6.08 Å². The number of nitrogens with one attached hydrogen (secondary N) is 1. The Balaban J connectivity index is 2.31. The summed E-state index contributed by atoms with van der Waals surface area (Å²) in [6, 6.07) is 0. The van der Waals surface area contributed by atoms with Gasteiger partial charge in [-0.2, -0.15) is 0 Å². The van der Waals surface area contributed by atoms with Crippen molar-refractivity contribution in [2.45, 2.75) is 38.9 Å². The topological polar surface area (TPSA) is 108 Å². The maximum Gasteiger partial charge on any atom is 0.491 e. The Morgan fingerprint density at radius 1 is 1.23 bits per heavy atom. The second-order valence-electron chi connectivity index (χ2n) is 6.40. The van der Waals surface area contributed by atoms with E-state index in [4.69, 9.17) is 20.8 Å². The highest BCUT2D eigenvalue weighted by atomic mass is 16.7. The van der Waals surface area contributed by atoms with E-state index in [1.54, 1.807) is 6.20 Å². The van der Waals surface area contributed by atoms with Crippen molar-refractivity contribution in [1.29, 1.82) is 0 Å². The number of anilines is 2. The molecule has 1 aromatic rings. The lowest BCUT2D eigenvalue weighted by Crippen LogP contribution is -2.41. The molecule has 120 valence electrons. The number of nitrogens with zero attached hydrogens (tertiary/aromatic N) is 2. The first kappa shape index (κ1) is 16.7.